The van der Waals surface area contributed by atoms with Crippen LogP contribution in [0.4, 0.5) is 10.5 Å². The van der Waals surface area contributed by atoms with Gasteiger partial charge in [-0.15, -0.1) is 5.10 Å². The van der Waals surface area contributed by atoms with Crippen molar-refractivity contribution in [3.63, 3.8) is 0 Å². The average Bonchev–Trinajstić information content (AvgIpc) is 2.69. The van der Waals surface area contributed by atoms with Crippen molar-refractivity contribution in [3.8, 4) is 17.4 Å². The molecule has 1 unspecified atom stereocenters. The van der Waals surface area contributed by atoms with Gasteiger partial charge in [-0.25, -0.2) is 4.79 Å². The van der Waals surface area contributed by atoms with Crippen molar-refractivity contribution in [2.24, 2.45) is 0 Å². The Morgan fingerprint density at radius 2 is 2.15 bits per heavy atom. The number of methoxy groups -OCH3 is 2. The number of aromatic nitrogens is 2. The van der Waals surface area contributed by atoms with Crippen LogP contribution in [-0.4, -0.2) is 54.5 Å². The molecule has 1 aromatic carbocycles. The van der Waals surface area contributed by atoms with Gasteiger partial charge in [0.25, 0.3) is 0 Å². The van der Waals surface area contributed by atoms with Crippen LogP contribution >= 0.6 is 0 Å². The molecule has 0 bridgehead atoms. The SMILES string of the molecule is COc1ccc(NC(=O)N2CCCC(Oc3cccnn3)C2)c(OC)c1. The van der Waals surface area contributed by atoms with E-state index in [1.54, 1.807) is 55.6 Å². The lowest BCUT2D eigenvalue weighted by Crippen LogP contribution is -2.46. The highest BCUT2D eigenvalue weighted by atomic mass is 16.5. The number of urea groups is 1. The second-order valence-corrected chi connectivity index (χ2v) is 5.89. The molecule has 8 nitrogen and oxygen atoms in total. The van der Waals surface area contributed by atoms with Crippen molar-refractivity contribution in [2.45, 2.75) is 18.9 Å². The monoisotopic (exact) mass is 358 g/mol. The minimum Gasteiger partial charge on any atom is -0.497 e. The number of piperidine rings is 1. The molecule has 26 heavy (non-hydrogen) atoms. The average molecular weight is 358 g/mol. The molecule has 2 amide bonds. The van der Waals surface area contributed by atoms with Crippen LogP contribution in [0.1, 0.15) is 12.8 Å². The summed E-state index contributed by atoms with van der Waals surface area (Å²) in [5.74, 6) is 1.67. The van der Waals surface area contributed by atoms with Gasteiger partial charge in [0.2, 0.25) is 5.88 Å². The fourth-order valence-corrected chi connectivity index (χ4v) is 2.84. The minimum atomic E-state index is -0.194. The number of nitrogens with one attached hydrogen (secondary N) is 1. The molecule has 0 spiro atoms. The van der Waals surface area contributed by atoms with E-state index in [1.807, 2.05) is 0 Å². The Kier molecular flexibility index (Phi) is 5.73. The van der Waals surface area contributed by atoms with Crippen LogP contribution in [0.5, 0.6) is 17.4 Å². The summed E-state index contributed by atoms with van der Waals surface area (Å²) in [4.78, 5) is 14.4. The molecule has 1 fully saturated rings. The molecule has 1 N–H and O–H groups in total. The number of benzene rings is 1. The second kappa shape index (κ2) is 8.37. The highest BCUT2D eigenvalue weighted by Gasteiger charge is 2.26. The molecule has 1 aliphatic rings. The Bertz CT molecular complexity index is 741. The number of carbonyl (C=O) groups excluding carboxylic acids is 1. The zero-order valence-electron chi connectivity index (χ0n) is 14.8. The Morgan fingerprint density at radius 1 is 1.27 bits per heavy atom. The largest absolute Gasteiger partial charge is 0.497 e. The Labute approximate surface area is 152 Å². The van der Waals surface area contributed by atoms with Gasteiger partial charge in [-0.05, 0) is 31.0 Å². The molecule has 1 atom stereocenters. The van der Waals surface area contributed by atoms with Crippen LogP contribution < -0.4 is 19.5 Å². The normalized spacial score (nSPS) is 16.7. The summed E-state index contributed by atoms with van der Waals surface area (Å²) in [5, 5.41) is 10.6. The third kappa shape index (κ3) is 4.33. The lowest BCUT2D eigenvalue weighted by atomic mass is 10.1. The van der Waals surface area contributed by atoms with Gasteiger partial charge in [0.15, 0.2) is 0 Å². The van der Waals surface area contributed by atoms with E-state index in [4.69, 9.17) is 14.2 Å². The second-order valence-electron chi connectivity index (χ2n) is 5.89. The predicted molar refractivity (Wildman–Crippen MR) is 95.8 cm³/mol. The molecular weight excluding hydrogens is 336 g/mol. The molecular formula is C18H22N4O4. The number of hydrogen-bond acceptors (Lipinski definition) is 6. The van der Waals surface area contributed by atoms with Crippen molar-refractivity contribution in [2.75, 3.05) is 32.6 Å². The zero-order valence-corrected chi connectivity index (χ0v) is 14.8. The minimum absolute atomic E-state index is 0.107. The molecule has 2 heterocycles. The standard InChI is InChI=1S/C18H22N4O4/c1-24-13-7-8-15(16(11-13)25-2)20-18(23)22-10-4-5-14(12-22)26-17-6-3-9-19-21-17/h3,6-9,11,14H,4-5,10,12H2,1-2H3,(H,20,23). The van der Waals surface area contributed by atoms with Crippen LogP contribution in [0, 0.1) is 0 Å². The van der Waals surface area contributed by atoms with Crippen LogP contribution in [0.15, 0.2) is 36.5 Å². The molecule has 0 saturated carbocycles. The number of nitrogens with zero attached hydrogens (tertiary/aromatic N) is 3. The number of amides is 2. The summed E-state index contributed by atoms with van der Waals surface area (Å²) in [6, 6.07) is 8.59. The van der Waals surface area contributed by atoms with Gasteiger partial charge in [-0.1, -0.05) is 0 Å². The molecule has 0 aliphatic carbocycles. The van der Waals surface area contributed by atoms with Crippen LogP contribution in [0.25, 0.3) is 0 Å². The fraction of sp³-hybridized carbons (Fsp3) is 0.389. The first-order valence-electron chi connectivity index (χ1n) is 8.42. The topological polar surface area (TPSA) is 85.8 Å². The van der Waals surface area contributed by atoms with Gasteiger partial charge in [0.1, 0.15) is 17.6 Å². The summed E-state index contributed by atoms with van der Waals surface area (Å²) in [7, 11) is 3.13. The molecule has 138 valence electrons. The molecule has 0 radical (unpaired) electrons. The quantitative estimate of drug-likeness (QED) is 0.884. The van der Waals surface area contributed by atoms with Gasteiger partial charge < -0.3 is 24.4 Å². The molecule has 3 rings (SSSR count). The van der Waals surface area contributed by atoms with Crippen molar-refractivity contribution in [1.29, 1.82) is 0 Å². The summed E-state index contributed by atoms with van der Waals surface area (Å²) < 4.78 is 16.3. The summed E-state index contributed by atoms with van der Waals surface area (Å²) in [6.07, 6.45) is 3.21. The van der Waals surface area contributed by atoms with E-state index in [0.717, 1.165) is 12.8 Å². The number of anilines is 1. The van der Waals surface area contributed by atoms with Gasteiger partial charge >= 0.3 is 6.03 Å². The fourth-order valence-electron chi connectivity index (χ4n) is 2.84. The number of hydrogen-bond donors (Lipinski definition) is 1. The number of likely N-dealkylation sites (tertiary alicyclic amines) is 1. The van der Waals surface area contributed by atoms with Crippen molar-refractivity contribution >= 4 is 11.7 Å². The molecule has 2 aromatic rings. The van der Waals surface area contributed by atoms with E-state index < -0.39 is 0 Å². The summed E-state index contributed by atoms with van der Waals surface area (Å²) in [6.45, 7) is 1.16. The third-order valence-corrected chi connectivity index (χ3v) is 4.15. The van der Waals surface area contributed by atoms with Crippen LogP contribution in [0.3, 0.4) is 0 Å². The first kappa shape index (κ1) is 17.8. The van der Waals surface area contributed by atoms with Crippen molar-refractivity contribution in [1.82, 2.24) is 15.1 Å². The van der Waals surface area contributed by atoms with E-state index in [2.05, 4.69) is 15.5 Å². The first-order chi connectivity index (χ1) is 12.7. The zero-order chi connectivity index (χ0) is 18.4. The van der Waals surface area contributed by atoms with E-state index >= 15 is 0 Å². The lowest BCUT2D eigenvalue weighted by molar-refractivity contribution is 0.102. The van der Waals surface area contributed by atoms with Gasteiger partial charge in [-0.2, -0.15) is 5.10 Å². The third-order valence-electron chi connectivity index (χ3n) is 4.15. The molecule has 1 saturated heterocycles. The highest BCUT2D eigenvalue weighted by molar-refractivity contribution is 5.91. The van der Waals surface area contributed by atoms with E-state index in [9.17, 15) is 4.79 Å². The van der Waals surface area contributed by atoms with Gasteiger partial charge in [-0.3, -0.25) is 0 Å². The maximum absolute atomic E-state index is 12.6. The maximum atomic E-state index is 12.6. The molecule has 1 aromatic heterocycles. The summed E-state index contributed by atoms with van der Waals surface area (Å²) in [5.41, 5.74) is 0.593. The Morgan fingerprint density at radius 3 is 2.88 bits per heavy atom. The molecule has 1 aliphatic heterocycles. The lowest BCUT2D eigenvalue weighted by Gasteiger charge is -2.32. The van der Waals surface area contributed by atoms with E-state index in [1.165, 1.54) is 0 Å². The Hall–Kier alpha value is -3.03. The van der Waals surface area contributed by atoms with Crippen LogP contribution in [0.2, 0.25) is 0 Å². The highest BCUT2D eigenvalue weighted by Crippen LogP contribution is 2.29. The first-order valence-corrected chi connectivity index (χ1v) is 8.42. The number of ether oxygens (including phenoxy) is 3. The van der Waals surface area contributed by atoms with Crippen molar-refractivity contribution in [3.05, 3.63) is 36.5 Å². The number of rotatable bonds is 5. The van der Waals surface area contributed by atoms with E-state index in [-0.39, 0.29) is 12.1 Å². The summed E-state index contributed by atoms with van der Waals surface area (Å²) >= 11 is 0. The number of carbonyl (C=O) groups is 1. The van der Waals surface area contributed by atoms with Gasteiger partial charge in [0.05, 0.1) is 26.5 Å². The molecule has 8 heteroatoms. The maximum Gasteiger partial charge on any atom is 0.322 e. The van der Waals surface area contributed by atoms with Gasteiger partial charge in [0, 0.05) is 24.9 Å². The van der Waals surface area contributed by atoms with Crippen molar-refractivity contribution < 1.29 is 19.0 Å². The predicted octanol–water partition coefficient (Wildman–Crippen LogP) is 2.57. The Balaban J connectivity index is 1.62. The van der Waals surface area contributed by atoms with E-state index in [0.29, 0.717) is 36.2 Å². The van der Waals surface area contributed by atoms with Crippen LogP contribution in [-0.2, 0) is 0 Å². The smallest absolute Gasteiger partial charge is 0.322 e.